The summed E-state index contributed by atoms with van der Waals surface area (Å²) >= 11 is 0. The van der Waals surface area contributed by atoms with E-state index in [9.17, 15) is 10.1 Å². The lowest BCUT2D eigenvalue weighted by molar-refractivity contribution is -0.385. The van der Waals surface area contributed by atoms with Gasteiger partial charge in [-0.1, -0.05) is 36.4 Å². The van der Waals surface area contributed by atoms with E-state index in [0.29, 0.717) is 5.69 Å². The highest BCUT2D eigenvalue weighted by atomic mass is 16.6. The summed E-state index contributed by atoms with van der Waals surface area (Å²) in [6.45, 7) is 0. The van der Waals surface area contributed by atoms with E-state index in [-0.39, 0.29) is 5.69 Å². The number of benzene rings is 1. The Hall–Kier alpha value is -2.49. The number of hydrogen-bond acceptors (Lipinski definition) is 3. The molecule has 0 radical (unpaired) electrons. The molecule has 1 aromatic heterocycles. The van der Waals surface area contributed by atoms with Gasteiger partial charge in [0.2, 0.25) is 0 Å². The summed E-state index contributed by atoms with van der Waals surface area (Å²) in [6, 6.07) is 12.9. The molecule has 2 rings (SSSR count). The van der Waals surface area contributed by atoms with Gasteiger partial charge in [-0.3, -0.25) is 10.1 Å². The van der Waals surface area contributed by atoms with E-state index >= 15 is 0 Å². The normalized spacial score (nSPS) is 10.6. The Morgan fingerprint density at radius 2 is 1.82 bits per heavy atom. The van der Waals surface area contributed by atoms with Crippen molar-refractivity contribution in [2.75, 3.05) is 0 Å². The Kier molecular flexibility index (Phi) is 3.25. The van der Waals surface area contributed by atoms with Gasteiger partial charge in [0.25, 0.3) is 5.69 Å². The first-order chi connectivity index (χ1) is 8.25. The van der Waals surface area contributed by atoms with Gasteiger partial charge in [0.15, 0.2) is 0 Å². The summed E-state index contributed by atoms with van der Waals surface area (Å²) in [5.41, 5.74) is 1.76. The topological polar surface area (TPSA) is 56.0 Å². The van der Waals surface area contributed by atoms with Gasteiger partial charge in [-0.2, -0.15) is 0 Å². The van der Waals surface area contributed by atoms with Crippen LogP contribution in [0.2, 0.25) is 0 Å². The van der Waals surface area contributed by atoms with Crippen molar-refractivity contribution in [1.29, 1.82) is 0 Å². The molecule has 0 saturated heterocycles. The molecule has 0 atom stereocenters. The molecule has 0 aliphatic heterocycles. The van der Waals surface area contributed by atoms with E-state index < -0.39 is 4.92 Å². The smallest absolute Gasteiger partial charge is 0.258 e. The second-order valence-corrected chi connectivity index (χ2v) is 3.44. The summed E-state index contributed by atoms with van der Waals surface area (Å²) in [5, 5.41) is 10.4. The molecule has 4 heteroatoms. The van der Waals surface area contributed by atoms with E-state index in [4.69, 9.17) is 0 Å². The van der Waals surface area contributed by atoms with Crippen molar-refractivity contribution in [3.8, 4) is 0 Å². The van der Waals surface area contributed by atoms with Gasteiger partial charge >= 0.3 is 0 Å². The first kappa shape index (κ1) is 11.0. The Morgan fingerprint density at radius 1 is 1.06 bits per heavy atom. The Morgan fingerprint density at radius 3 is 2.41 bits per heavy atom. The van der Waals surface area contributed by atoms with Gasteiger partial charge in [-0.15, -0.1) is 0 Å². The molecule has 0 aliphatic rings. The molecule has 0 fully saturated rings. The lowest BCUT2D eigenvalue weighted by atomic mass is 10.2. The van der Waals surface area contributed by atoms with Gasteiger partial charge in [-0.05, 0) is 17.7 Å². The first-order valence-electron chi connectivity index (χ1n) is 5.09. The van der Waals surface area contributed by atoms with Crippen LogP contribution >= 0.6 is 0 Å². The third-order valence-corrected chi connectivity index (χ3v) is 2.23. The number of rotatable bonds is 3. The molecule has 2 aromatic rings. The minimum absolute atomic E-state index is 0.00172. The van der Waals surface area contributed by atoms with Crippen molar-refractivity contribution in [2.24, 2.45) is 0 Å². The van der Waals surface area contributed by atoms with Crippen LogP contribution in [0.4, 0.5) is 5.69 Å². The van der Waals surface area contributed by atoms with Crippen LogP contribution < -0.4 is 0 Å². The SMILES string of the molecule is O=[N+]([O-])c1ccc(/C=C/c2ccccc2)nc1. The average molecular weight is 226 g/mol. The van der Waals surface area contributed by atoms with Gasteiger partial charge in [0.1, 0.15) is 6.20 Å². The molecule has 4 nitrogen and oxygen atoms in total. The van der Waals surface area contributed by atoms with Crippen LogP contribution in [0.25, 0.3) is 12.2 Å². The molecule has 84 valence electrons. The van der Waals surface area contributed by atoms with Crippen molar-refractivity contribution in [1.82, 2.24) is 4.98 Å². The maximum absolute atomic E-state index is 10.4. The molecular weight excluding hydrogens is 216 g/mol. The summed E-state index contributed by atoms with van der Waals surface area (Å²) in [5.74, 6) is 0. The minimum atomic E-state index is -0.461. The van der Waals surface area contributed by atoms with E-state index in [2.05, 4.69) is 4.98 Å². The van der Waals surface area contributed by atoms with Gasteiger partial charge < -0.3 is 0 Å². The molecule has 0 N–H and O–H groups in total. The van der Waals surface area contributed by atoms with Crippen molar-refractivity contribution in [3.05, 3.63) is 70.0 Å². The number of aromatic nitrogens is 1. The molecule has 0 aliphatic carbocycles. The predicted molar refractivity (Wildman–Crippen MR) is 66.3 cm³/mol. The zero-order valence-electron chi connectivity index (χ0n) is 8.98. The Labute approximate surface area is 98.4 Å². The fraction of sp³-hybridized carbons (Fsp3) is 0. The fourth-order valence-electron chi connectivity index (χ4n) is 1.35. The highest BCUT2D eigenvalue weighted by Crippen LogP contribution is 2.11. The van der Waals surface area contributed by atoms with Crippen LogP contribution in [0.3, 0.4) is 0 Å². The number of nitro groups is 1. The number of hydrogen-bond donors (Lipinski definition) is 0. The van der Waals surface area contributed by atoms with E-state index in [1.54, 1.807) is 6.07 Å². The van der Waals surface area contributed by atoms with Crippen LogP contribution in [0.1, 0.15) is 11.3 Å². The highest BCUT2D eigenvalue weighted by molar-refractivity contribution is 5.67. The van der Waals surface area contributed by atoms with Gasteiger partial charge in [0.05, 0.1) is 10.6 Å². The first-order valence-corrected chi connectivity index (χ1v) is 5.09. The zero-order chi connectivity index (χ0) is 12.1. The van der Waals surface area contributed by atoms with Crippen LogP contribution in [-0.4, -0.2) is 9.91 Å². The molecule has 0 saturated carbocycles. The quantitative estimate of drug-likeness (QED) is 0.596. The standard InChI is InChI=1S/C13H10N2O2/c16-15(17)13-9-8-12(14-10-13)7-6-11-4-2-1-3-5-11/h1-10H/b7-6+. The highest BCUT2D eigenvalue weighted by Gasteiger charge is 2.03. The Bertz CT molecular complexity index is 533. The Balaban J connectivity index is 2.14. The third-order valence-electron chi connectivity index (χ3n) is 2.23. The monoisotopic (exact) mass is 226 g/mol. The molecular formula is C13H10N2O2. The molecule has 1 aromatic carbocycles. The molecule has 17 heavy (non-hydrogen) atoms. The van der Waals surface area contributed by atoms with Crippen molar-refractivity contribution < 1.29 is 4.92 Å². The van der Waals surface area contributed by atoms with Crippen LogP contribution in [0, 0.1) is 10.1 Å². The lowest BCUT2D eigenvalue weighted by Crippen LogP contribution is -1.89. The summed E-state index contributed by atoms with van der Waals surface area (Å²) in [7, 11) is 0. The number of nitrogens with zero attached hydrogens (tertiary/aromatic N) is 2. The number of pyridine rings is 1. The lowest BCUT2D eigenvalue weighted by Gasteiger charge is -1.93. The van der Waals surface area contributed by atoms with Crippen LogP contribution in [0.5, 0.6) is 0 Å². The van der Waals surface area contributed by atoms with E-state index in [0.717, 1.165) is 5.56 Å². The molecule has 0 amide bonds. The zero-order valence-corrected chi connectivity index (χ0v) is 8.98. The fourth-order valence-corrected chi connectivity index (χ4v) is 1.35. The summed E-state index contributed by atoms with van der Waals surface area (Å²) in [6.07, 6.45) is 4.98. The average Bonchev–Trinajstić information content (AvgIpc) is 2.38. The summed E-state index contributed by atoms with van der Waals surface area (Å²) in [4.78, 5) is 14.0. The molecule has 0 spiro atoms. The third kappa shape index (κ3) is 2.98. The van der Waals surface area contributed by atoms with Crippen molar-refractivity contribution in [3.63, 3.8) is 0 Å². The van der Waals surface area contributed by atoms with Crippen LogP contribution in [0.15, 0.2) is 48.7 Å². The minimum Gasteiger partial charge on any atom is -0.258 e. The van der Waals surface area contributed by atoms with Gasteiger partial charge in [0, 0.05) is 6.07 Å². The second kappa shape index (κ2) is 5.03. The maximum Gasteiger partial charge on any atom is 0.287 e. The van der Waals surface area contributed by atoms with E-state index in [1.165, 1.54) is 12.3 Å². The molecule has 0 unspecified atom stereocenters. The second-order valence-electron chi connectivity index (χ2n) is 3.44. The van der Waals surface area contributed by atoms with Gasteiger partial charge in [-0.25, -0.2) is 4.98 Å². The molecule has 0 bridgehead atoms. The van der Waals surface area contributed by atoms with Crippen LogP contribution in [-0.2, 0) is 0 Å². The molecule has 1 heterocycles. The maximum atomic E-state index is 10.4. The predicted octanol–water partition coefficient (Wildman–Crippen LogP) is 3.16. The summed E-state index contributed by atoms with van der Waals surface area (Å²) < 4.78 is 0. The van der Waals surface area contributed by atoms with Crippen molar-refractivity contribution in [2.45, 2.75) is 0 Å². The largest absolute Gasteiger partial charge is 0.287 e. The van der Waals surface area contributed by atoms with Crippen molar-refractivity contribution >= 4 is 17.8 Å². The van der Waals surface area contributed by atoms with E-state index in [1.807, 2.05) is 42.5 Å².